The standard InChI is InChI=1S/C46H38N8O8S2.2C4H8O2/c1-49-29-23-15-13-21-27(29)45(39(49)59)31(25-17-9-7-10-18-25)43(35(55)51(3)41(61)52(4)36(43)56)33(47-45)63-64-34-44(37(57)53(5)42(62)54(6)38(44)58)32(26-19-11-8-12-20-26)46(48-34)28-22-14-16-24-30(28)50(2)40(46)60;2*1-2-6-4-3-5-1/h7-24,31-32H,1-6H3;2*1-4H2/t31-,32-,45-,46-;;/m0../s1. The molecule has 10 amide bonds. The summed E-state index contributed by atoms with van der Waals surface area (Å²) in [5.41, 5.74) is -6.06. The SMILES string of the molecule is C1COCCO1.C1COCCO1.CN1C(=O)N(C)C(=O)C2(C1=O)C(SSC1=N[C@]3(C(=O)N(C)c4ccccc43)[C@@H](c3ccccc3)C13C(=O)N(C)C(=O)N(C)C3=O)=N[C@]1(C(=O)N(C)c3ccccc31)[C@H]2c1ccccc1. The molecule has 8 aliphatic rings. The van der Waals surface area contributed by atoms with Gasteiger partial charge in [0, 0.05) is 64.8 Å². The molecule has 8 aliphatic heterocycles. The van der Waals surface area contributed by atoms with Crippen molar-refractivity contribution in [2.75, 3.05) is 105 Å². The number of urea groups is 2. The summed E-state index contributed by atoms with van der Waals surface area (Å²) in [5.74, 6) is -7.61. The van der Waals surface area contributed by atoms with Crippen LogP contribution in [0.15, 0.2) is 119 Å². The number of nitrogens with zero attached hydrogens (tertiary/aromatic N) is 8. The normalized spacial score (nSPS) is 26.3. The predicted octanol–water partition coefficient (Wildman–Crippen LogP) is 4.64. The van der Waals surface area contributed by atoms with E-state index in [1.54, 1.807) is 123 Å². The maximum Gasteiger partial charge on any atom is 0.332 e. The molecule has 4 fully saturated rings. The van der Waals surface area contributed by atoms with Crippen LogP contribution in [-0.2, 0) is 58.8 Å². The molecular weight excluding hydrogens is 1020 g/mol. The Hall–Kier alpha value is -7.08. The zero-order valence-corrected chi connectivity index (χ0v) is 44.1. The van der Waals surface area contributed by atoms with Crippen LogP contribution in [0.25, 0.3) is 0 Å². The number of carbonyl (C=O) groups excluding carboxylic acids is 8. The van der Waals surface area contributed by atoms with Crippen molar-refractivity contribution in [3.8, 4) is 0 Å². The summed E-state index contributed by atoms with van der Waals surface area (Å²) in [6.07, 6.45) is 0. The lowest BCUT2D eigenvalue weighted by molar-refractivity contribution is -0.155. The first-order chi connectivity index (χ1) is 36.6. The number of amides is 10. The van der Waals surface area contributed by atoms with Crippen molar-refractivity contribution in [1.29, 1.82) is 0 Å². The first-order valence-electron chi connectivity index (χ1n) is 24.5. The van der Waals surface area contributed by atoms with Gasteiger partial charge >= 0.3 is 12.1 Å². The molecule has 8 heterocycles. The second-order valence-corrected chi connectivity index (χ2v) is 21.2. The summed E-state index contributed by atoms with van der Waals surface area (Å²) in [6.45, 7) is 6.22. The van der Waals surface area contributed by atoms with Gasteiger partial charge in [0.1, 0.15) is 10.1 Å². The van der Waals surface area contributed by atoms with Crippen molar-refractivity contribution in [3.05, 3.63) is 131 Å². The van der Waals surface area contributed by atoms with Crippen molar-refractivity contribution in [2.45, 2.75) is 22.9 Å². The van der Waals surface area contributed by atoms with Crippen LogP contribution in [-0.4, -0.2) is 172 Å². The Morgan fingerprint density at radius 3 is 0.947 bits per heavy atom. The Bertz CT molecular complexity index is 2860. The Kier molecular flexibility index (Phi) is 13.9. The van der Waals surface area contributed by atoms with Gasteiger partial charge in [-0.2, -0.15) is 0 Å². The largest absolute Gasteiger partial charge is 0.377 e. The van der Waals surface area contributed by atoms with Crippen LogP contribution in [0, 0.1) is 10.8 Å². The van der Waals surface area contributed by atoms with Gasteiger partial charge in [-0.05, 0) is 44.8 Å². The van der Waals surface area contributed by atoms with Gasteiger partial charge in [-0.25, -0.2) is 9.59 Å². The minimum absolute atomic E-state index is 0.204. The third-order valence-electron chi connectivity index (χ3n) is 15.2. The van der Waals surface area contributed by atoms with E-state index in [9.17, 15) is 9.59 Å². The number of anilines is 2. The summed E-state index contributed by atoms with van der Waals surface area (Å²) < 4.78 is 19.8. The number of aliphatic imine (C=N–C) groups is 2. The molecular formula is C54H54N8O12S2. The Morgan fingerprint density at radius 1 is 0.382 bits per heavy atom. The summed E-state index contributed by atoms with van der Waals surface area (Å²) >= 11 is 0. The van der Waals surface area contributed by atoms with Crippen LogP contribution < -0.4 is 9.80 Å². The topological polar surface area (TPSA) is 218 Å². The van der Waals surface area contributed by atoms with Crippen LogP contribution in [0.1, 0.15) is 34.1 Å². The number of hydrogen-bond acceptors (Lipinski definition) is 16. The molecule has 4 aromatic carbocycles. The number of ether oxygens (including phenoxy) is 4. The number of barbiturate groups is 2. The van der Waals surface area contributed by atoms with Gasteiger partial charge in [0.15, 0.2) is 21.9 Å². The molecule has 76 heavy (non-hydrogen) atoms. The summed E-state index contributed by atoms with van der Waals surface area (Å²) in [5, 5.41) is -0.408. The smallest absolute Gasteiger partial charge is 0.332 e. The molecule has 4 aromatic rings. The minimum Gasteiger partial charge on any atom is -0.377 e. The number of carbonyl (C=O) groups is 8. The van der Waals surface area contributed by atoms with E-state index in [0.29, 0.717) is 33.6 Å². The van der Waals surface area contributed by atoms with Crippen LogP contribution >= 0.6 is 21.6 Å². The summed E-state index contributed by atoms with van der Waals surface area (Å²) in [6, 6.07) is 29.2. The van der Waals surface area contributed by atoms with Crippen molar-refractivity contribution in [3.63, 3.8) is 0 Å². The van der Waals surface area contributed by atoms with Gasteiger partial charge in [-0.15, -0.1) is 0 Å². The predicted molar refractivity (Wildman–Crippen MR) is 281 cm³/mol. The van der Waals surface area contributed by atoms with Gasteiger partial charge in [-0.3, -0.25) is 58.4 Å². The molecule has 0 saturated carbocycles. The Labute approximate surface area is 445 Å². The first-order valence-corrected chi connectivity index (χ1v) is 26.6. The van der Waals surface area contributed by atoms with E-state index in [1.807, 2.05) is 0 Å². The van der Waals surface area contributed by atoms with Crippen molar-refractivity contribution < 1.29 is 57.3 Å². The van der Waals surface area contributed by atoms with E-state index < -0.39 is 81.2 Å². The fourth-order valence-corrected chi connectivity index (χ4v) is 14.6. The minimum atomic E-state index is -2.38. The number of hydrogen-bond donors (Lipinski definition) is 0. The third-order valence-corrected chi connectivity index (χ3v) is 17.6. The maximum atomic E-state index is 15.3. The van der Waals surface area contributed by atoms with E-state index in [-0.39, 0.29) is 10.1 Å². The highest BCUT2D eigenvalue weighted by Gasteiger charge is 2.78. The molecule has 12 rings (SSSR count). The summed E-state index contributed by atoms with van der Waals surface area (Å²) in [4.78, 5) is 135. The van der Waals surface area contributed by atoms with Gasteiger partial charge in [0.05, 0.1) is 64.7 Å². The maximum absolute atomic E-state index is 15.3. The highest BCUT2D eigenvalue weighted by molar-refractivity contribution is 8.87. The van der Waals surface area contributed by atoms with E-state index in [1.165, 1.54) is 38.0 Å². The average Bonchev–Trinajstić information content (AvgIpc) is 4.27. The highest BCUT2D eigenvalue weighted by atomic mass is 33.1. The van der Waals surface area contributed by atoms with Crippen LogP contribution in [0.5, 0.6) is 0 Å². The summed E-state index contributed by atoms with van der Waals surface area (Å²) in [7, 11) is 9.64. The van der Waals surface area contributed by atoms with Gasteiger partial charge in [0.25, 0.3) is 35.4 Å². The number of fused-ring (bicyclic) bond motifs is 4. The molecule has 22 heteroatoms. The first kappa shape index (κ1) is 52.4. The monoisotopic (exact) mass is 1070 g/mol. The molecule has 0 bridgehead atoms. The van der Waals surface area contributed by atoms with Gasteiger partial charge < -0.3 is 28.7 Å². The number of benzene rings is 4. The zero-order chi connectivity index (χ0) is 53.9. The van der Waals surface area contributed by atoms with Crippen molar-refractivity contribution in [2.24, 2.45) is 20.8 Å². The molecule has 0 N–H and O–H groups in total. The van der Waals surface area contributed by atoms with Gasteiger partial charge in [-0.1, -0.05) is 97.1 Å². The van der Waals surface area contributed by atoms with Crippen molar-refractivity contribution in [1.82, 2.24) is 19.6 Å². The molecule has 20 nitrogen and oxygen atoms in total. The average molecular weight is 1070 g/mol. The lowest BCUT2D eigenvalue weighted by Gasteiger charge is -2.45. The number of likely N-dealkylation sites (N-methyl/N-ethyl adjacent to an activating group) is 2. The molecule has 4 atom stereocenters. The second kappa shape index (κ2) is 20.1. The van der Waals surface area contributed by atoms with Crippen LogP contribution in [0.3, 0.4) is 0 Å². The number of imide groups is 4. The van der Waals surface area contributed by atoms with Crippen molar-refractivity contribution >= 4 is 90.6 Å². The molecule has 0 unspecified atom stereocenters. The lowest BCUT2D eigenvalue weighted by atomic mass is 9.62. The molecule has 0 aromatic heterocycles. The van der Waals surface area contributed by atoms with Crippen LogP contribution in [0.4, 0.5) is 21.0 Å². The van der Waals surface area contributed by atoms with E-state index in [0.717, 1.165) is 94.0 Å². The number of rotatable bonds is 2. The second-order valence-electron chi connectivity index (χ2n) is 19.1. The highest BCUT2D eigenvalue weighted by Crippen LogP contribution is 2.68. The molecule has 0 radical (unpaired) electrons. The molecule has 394 valence electrons. The third kappa shape index (κ3) is 7.42. The van der Waals surface area contributed by atoms with Gasteiger partial charge in [0.2, 0.25) is 0 Å². The quantitative estimate of drug-likeness (QED) is 0.197. The Morgan fingerprint density at radius 2 is 0.658 bits per heavy atom. The van der Waals surface area contributed by atoms with Crippen LogP contribution in [0.2, 0.25) is 0 Å². The molecule has 0 aliphatic carbocycles. The number of para-hydroxylation sites is 2. The van der Waals surface area contributed by atoms with E-state index >= 15 is 28.8 Å². The van der Waals surface area contributed by atoms with E-state index in [2.05, 4.69) is 0 Å². The molecule has 4 saturated heterocycles. The fourth-order valence-electron chi connectivity index (χ4n) is 11.7. The Balaban J connectivity index is 0.000000483. The lowest BCUT2D eigenvalue weighted by Crippen LogP contribution is -2.68. The fraction of sp³-hybridized carbons (Fsp3) is 0.370. The molecule has 4 spiro atoms. The zero-order valence-electron chi connectivity index (χ0n) is 42.5. The van der Waals surface area contributed by atoms with E-state index in [4.69, 9.17) is 28.9 Å².